The summed E-state index contributed by atoms with van der Waals surface area (Å²) in [6.07, 6.45) is 0.739. The molecule has 0 aliphatic carbocycles. The van der Waals surface area contributed by atoms with E-state index in [0.717, 1.165) is 27.1 Å². The van der Waals surface area contributed by atoms with Crippen LogP contribution in [0.4, 0.5) is 0 Å². The van der Waals surface area contributed by atoms with Gasteiger partial charge in [0.1, 0.15) is 11.5 Å². The number of amides is 1. The van der Waals surface area contributed by atoms with E-state index in [2.05, 4.69) is 27.9 Å². The summed E-state index contributed by atoms with van der Waals surface area (Å²) in [7, 11) is 3.27. The molecular formula is C13H18INO3. The van der Waals surface area contributed by atoms with Crippen LogP contribution in [0.2, 0.25) is 0 Å². The van der Waals surface area contributed by atoms with Crippen molar-refractivity contribution < 1.29 is 14.3 Å². The van der Waals surface area contributed by atoms with Crippen LogP contribution in [-0.4, -0.2) is 26.2 Å². The minimum absolute atomic E-state index is 0.0214. The van der Waals surface area contributed by atoms with Crippen LogP contribution >= 0.6 is 22.6 Å². The molecule has 4 nitrogen and oxygen atoms in total. The van der Waals surface area contributed by atoms with E-state index < -0.39 is 0 Å². The number of ether oxygens (including phenoxy) is 2. The normalized spacial score (nSPS) is 11.8. The van der Waals surface area contributed by atoms with Crippen LogP contribution in [0.15, 0.2) is 12.1 Å². The third kappa shape index (κ3) is 4.04. The van der Waals surface area contributed by atoms with Crippen molar-refractivity contribution in [2.75, 3.05) is 14.2 Å². The summed E-state index contributed by atoms with van der Waals surface area (Å²) in [4.78, 5) is 11.0. The van der Waals surface area contributed by atoms with Gasteiger partial charge in [0.15, 0.2) is 0 Å². The quantitative estimate of drug-likeness (QED) is 0.818. The number of halogens is 1. The second-order valence-electron chi connectivity index (χ2n) is 4.12. The predicted octanol–water partition coefficient (Wildman–Crippen LogP) is 2.38. The van der Waals surface area contributed by atoms with Crippen LogP contribution in [0.1, 0.15) is 19.4 Å². The number of rotatable bonds is 5. The van der Waals surface area contributed by atoms with Gasteiger partial charge in [0, 0.05) is 13.0 Å². The molecular weight excluding hydrogens is 345 g/mol. The van der Waals surface area contributed by atoms with Gasteiger partial charge in [-0.15, -0.1) is 0 Å². The zero-order chi connectivity index (χ0) is 13.7. The molecule has 0 aliphatic rings. The number of methoxy groups -OCH3 is 2. The molecule has 1 N–H and O–H groups in total. The Hall–Kier alpha value is -0.980. The van der Waals surface area contributed by atoms with Gasteiger partial charge in [-0.05, 0) is 53.6 Å². The summed E-state index contributed by atoms with van der Waals surface area (Å²) in [5.41, 5.74) is 1.07. The molecule has 0 spiro atoms. The summed E-state index contributed by atoms with van der Waals surface area (Å²) >= 11 is 2.19. The first kappa shape index (κ1) is 15.1. The summed E-state index contributed by atoms with van der Waals surface area (Å²) in [5, 5.41) is 2.86. The highest BCUT2D eigenvalue weighted by atomic mass is 127. The van der Waals surface area contributed by atoms with Crippen molar-refractivity contribution in [3.05, 3.63) is 21.3 Å². The highest BCUT2D eigenvalue weighted by Gasteiger charge is 2.12. The van der Waals surface area contributed by atoms with Gasteiger partial charge in [0.05, 0.1) is 17.8 Å². The molecule has 0 heterocycles. The molecule has 0 aromatic heterocycles. The molecule has 100 valence electrons. The van der Waals surface area contributed by atoms with Crippen LogP contribution in [0.3, 0.4) is 0 Å². The summed E-state index contributed by atoms with van der Waals surface area (Å²) in [6, 6.07) is 4.03. The maximum Gasteiger partial charge on any atom is 0.217 e. The van der Waals surface area contributed by atoms with E-state index in [9.17, 15) is 4.79 Å². The molecule has 5 heteroatoms. The Kier molecular flexibility index (Phi) is 5.71. The fourth-order valence-corrected chi connectivity index (χ4v) is 2.54. The second-order valence-corrected chi connectivity index (χ2v) is 5.20. The highest BCUT2D eigenvalue weighted by molar-refractivity contribution is 14.1. The molecule has 1 rings (SSSR count). The SMILES string of the molecule is COc1cc(CC(C)NC(C)=O)cc(OC)c1I. The van der Waals surface area contributed by atoms with Crippen molar-refractivity contribution in [1.29, 1.82) is 0 Å². The van der Waals surface area contributed by atoms with Gasteiger partial charge < -0.3 is 14.8 Å². The molecule has 18 heavy (non-hydrogen) atoms. The average Bonchev–Trinajstić information content (AvgIpc) is 2.29. The second kappa shape index (κ2) is 6.82. The first-order valence-corrected chi connectivity index (χ1v) is 6.73. The summed E-state index contributed by atoms with van der Waals surface area (Å²) < 4.78 is 11.6. The minimum Gasteiger partial charge on any atom is -0.495 e. The topological polar surface area (TPSA) is 47.6 Å². The molecule has 0 aliphatic heterocycles. The van der Waals surface area contributed by atoms with E-state index in [1.807, 2.05) is 19.1 Å². The number of carbonyl (C=O) groups is 1. The van der Waals surface area contributed by atoms with Gasteiger partial charge in [-0.1, -0.05) is 0 Å². The lowest BCUT2D eigenvalue weighted by atomic mass is 10.1. The van der Waals surface area contributed by atoms with Gasteiger partial charge in [-0.25, -0.2) is 0 Å². The largest absolute Gasteiger partial charge is 0.495 e. The Bertz CT molecular complexity index is 409. The fourth-order valence-electron chi connectivity index (χ4n) is 1.79. The summed E-state index contributed by atoms with van der Waals surface area (Å²) in [5.74, 6) is 1.56. The van der Waals surface area contributed by atoms with Crippen molar-refractivity contribution in [1.82, 2.24) is 5.32 Å². The molecule has 0 bridgehead atoms. The number of hydrogen-bond acceptors (Lipinski definition) is 3. The zero-order valence-electron chi connectivity index (χ0n) is 11.0. The van der Waals surface area contributed by atoms with Crippen molar-refractivity contribution in [2.45, 2.75) is 26.3 Å². The van der Waals surface area contributed by atoms with Crippen molar-refractivity contribution in [2.24, 2.45) is 0 Å². The molecule has 0 saturated heterocycles. The molecule has 1 amide bonds. The first-order chi connectivity index (χ1) is 8.47. The summed E-state index contributed by atoms with van der Waals surface area (Å²) in [6.45, 7) is 3.49. The van der Waals surface area contributed by atoms with Gasteiger partial charge in [-0.3, -0.25) is 4.79 Å². The monoisotopic (exact) mass is 363 g/mol. The molecule has 1 unspecified atom stereocenters. The Morgan fingerprint density at radius 3 is 2.22 bits per heavy atom. The van der Waals surface area contributed by atoms with Crippen molar-refractivity contribution in [3.63, 3.8) is 0 Å². The van der Waals surface area contributed by atoms with Crippen LogP contribution in [0, 0.1) is 3.57 Å². The van der Waals surface area contributed by atoms with E-state index in [1.165, 1.54) is 6.92 Å². The number of hydrogen-bond donors (Lipinski definition) is 1. The molecule has 1 atom stereocenters. The van der Waals surface area contributed by atoms with Crippen LogP contribution < -0.4 is 14.8 Å². The first-order valence-electron chi connectivity index (χ1n) is 5.65. The Morgan fingerprint density at radius 2 is 1.83 bits per heavy atom. The van der Waals surface area contributed by atoms with E-state index in [0.29, 0.717) is 0 Å². The van der Waals surface area contributed by atoms with E-state index in [4.69, 9.17) is 9.47 Å². The minimum atomic E-state index is -0.0214. The fraction of sp³-hybridized carbons (Fsp3) is 0.462. The van der Waals surface area contributed by atoms with E-state index >= 15 is 0 Å². The zero-order valence-corrected chi connectivity index (χ0v) is 13.2. The lowest BCUT2D eigenvalue weighted by Gasteiger charge is -2.15. The highest BCUT2D eigenvalue weighted by Crippen LogP contribution is 2.32. The molecule has 0 saturated carbocycles. The molecule has 0 radical (unpaired) electrons. The Labute approximate surface area is 121 Å². The van der Waals surface area contributed by atoms with E-state index in [-0.39, 0.29) is 11.9 Å². The maximum atomic E-state index is 11.0. The standard InChI is InChI=1S/C13H18INO3/c1-8(15-9(2)16)5-10-6-11(17-3)13(14)12(7-10)18-4/h6-8H,5H2,1-4H3,(H,15,16). The van der Waals surface area contributed by atoms with Gasteiger partial charge in [-0.2, -0.15) is 0 Å². The predicted molar refractivity (Wildman–Crippen MR) is 79.2 cm³/mol. The lowest BCUT2D eigenvalue weighted by molar-refractivity contribution is -0.119. The Morgan fingerprint density at radius 1 is 1.33 bits per heavy atom. The van der Waals surface area contributed by atoms with Crippen LogP contribution in [-0.2, 0) is 11.2 Å². The molecule has 0 fully saturated rings. The molecule has 1 aromatic rings. The van der Waals surface area contributed by atoms with Crippen LogP contribution in [0.5, 0.6) is 11.5 Å². The van der Waals surface area contributed by atoms with Crippen molar-refractivity contribution >= 4 is 28.5 Å². The Balaban J connectivity index is 2.92. The number of carbonyl (C=O) groups excluding carboxylic acids is 1. The maximum absolute atomic E-state index is 11.0. The lowest BCUT2D eigenvalue weighted by Crippen LogP contribution is -2.32. The molecule has 1 aromatic carbocycles. The number of benzene rings is 1. The number of nitrogens with one attached hydrogen (secondary N) is 1. The van der Waals surface area contributed by atoms with Gasteiger partial charge in [0.25, 0.3) is 0 Å². The van der Waals surface area contributed by atoms with Gasteiger partial charge in [0.2, 0.25) is 5.91 Å². The van der Waals surface area contributed by atoms with Crippen molar-refractivity contribution in [3.8, 4) is 11.5 Å². The van der Waals surface area contributed by atoms with Crippen LogP contribution in [0.25, 0.3) is 0 Å². The van der Waals surface area contributed by atoms with Gasteiger partial charge >= 0.3 is 0 Å². The smallest absolute Gasteiger partial charge is 0.217 e. The third-order valence-corrected chi connectivity index (χ3v) is 3.56. The van der Waals surface area contributed by atoms with E-state index in [1.54, 1.807) is 14.2 Å². The average molecular weight is 363 g/mol. The third-order valence-electron chi connectivity index (χ3n) is 2.50.